The van der Waals surface area contributed by atoms with Gasteiger partial charge in [-0.1, -0.05) is 18.2 Å². The predicted molar refractivity (Wildman–Crippen MR) is 101 cm³/mol. The zero-order chi connectivity index (χ0) is 18.7. The quantitative estimate of drug-likeness (QED) is 0.621. The summed E-state index contributed by atoms with van der Waals surface area (Å²) in [6, 6.07) is 11.8. The molecule has 0 atom stereocenters. The van der Waals surface area contributed by atoms with E-state index < -0.39 is 0 Å². The summed E-state index contributed by atoms with van der Waals surface area (Å²) >= 11 is 0. The third-order valence-corrected chi connectivity index (χ3v) is 4.35. The van der Waals surface area contributed by atoms with Crippen LogP contribution in [0, 0.1) is 13.8 Å². The number of nitrogens with zero attached hydrogens (tertiary/aromatic N) is 2. The molecule has 26 heavy (non-hydrogen) atoms. The fourth-order valence-corrected chi connectivity index (χ4v) is 3.18. The highest BCUT2D eigenvalue weighted by Gasteiger charge is 2.21. The Morgan fingerprint density at radius 1 is 1.15 bits per heavy atom. The molecule has 3 rings (SSSR count). The Hall–Kier alpha value is -2.66. The Labute approximate surface area is 153 Å². The van der Waals surface area contributed by atoms with Crippen LogP contribution in [0.25, 0.3) is 10.9 Å². The molecular formula is C21H24N2O3. The molecule has 1 aromatic carbocycles. The van der Waals surface area contributed by atoms with E-state index in [1.165, 1.54) is 0 Å². The van der Waals surface area contributed by atoms with E-state index in [9.17, 15) is 4.79 Å². The van der Waals surface area contributed by atoms with Crippen LogP contribution < -0.4 is 0 Å². The van der Waals surface area contributed by atoms with Gasteiger partial charge in [0.1, 0.15) is 11.5 Å². The molecule has 0 unspecified atom stereocenters. The van der Waals surface area contributed by atoms with Crippen molar-refractivity contribution in [1.82, 2.24) is 9.88 Å². The number of pyridine rings is 1. The van der Waals surface area contributed by atoms with Crippen LogP contribution in [0.3, 0.4) is 0 Å². The Morgan fingerprint density at radius 2 is 1.92 bits per heavy atom. The lowest BCUT2D eigenvalue weighted by Crippen LogP contribution is -2.21. The molecule has 5 nitrogen and oxygen atoms in total. The number of carbonyl (C=O) groups excluding carboxylic acids is 1. The molecule has 0 amide bonds. The number of rotatable bonds is 6. The largest absolute Gasteiger partial charge is 0.465 e. The van der Waals surface area contributed by atoms with Crippen LogP contribution in [0.1, 0.15) is 40.1 Å². The lowest BCUT2D eigenvalue weighted by molar-refractivity contribution is 0.0522. The molecular weight excluding hydrogens is 328 g/mol. The maximum Gasteiger partial charge on any atom is 0.340 e. The normalized spacial score (nSPS) is 11.3. The van der Waals surface area contributed by atoms with Crippen molar-refractivity contribution in [2.24, 2.45) is 0 Å². The summed E-state index contributed by atoms with van der Waals surface area (Å²) < 4.78 is 10.9. The maximum absolute atomic E-state index is 12.6. The van der Waals surface area contributed by atoms with Crippen LogP contribution in [0.15, 0.2) is 40.8 Å². The standard InChI is InChI=1S/C21H24N2O3/c1-5-25-21(24)20-15(3)17-8-6-7-9-18(17)22-19(20)13-23(4)12-16-11-10-14(2)26-16/h6-11H,5,12-13H2,1-4H3. The molecule has 136 valence electrons. The number of aromatic nitrogens is 1. The van der Waals surface area contributed by atoms with Gasteiger partial charge in [0.05, 0.1) is 29.9 Å². The van der Waals surface area contributed by atoms with Crippen molar-refractivity contribution >= 4 is 16.9 Å². The number of esters is 1. The first-order valence-corrected chi connectivity index (χ1v) is 8.78. The summed E-state index contributed by atoms with van der Waals surface area (Å²) in [5, 5.41) is 0.976. The minimum atomic E-state index is -0.319. The minimum absolute atomic E-state index is 0.319. The molecule has 0 N–H and O–H groups in total. The average molecular weight is 352 g/mol. The van der Waals surface area contributed by atoms with Gasteiger partial charge in [-0.3, -0.25) is 9.88 Å². The number of benzene rings is 1. The molecule has 2 aromatic heterocycles. The Balaban J connectivity index is 1.96. The van der Waals surface area contributed by atoms with Gasteiger partial charge in [-0.15, -0.1) is 0 Å². The molecule has 0 bridgehead atoms. The number of para-hydroxylation sites is 1. The first-order valence-electron chi connectivity index (χ1n) is 8.78. The predicted octanol–water partition coefficient (Wildman–Crippen LogP) is 4.25. The number of furan rings is 1. The van der Waals surface area contributed by atoms with E-state index in [2.05, 4.69) is 4.90 Å². The zero-order valence-electron chi connectivity index (χ0n) is 15.7. The molecule has 0 radical (unpaired) electrons. The molecule has 0 fully saturated rings. The summed E-state index contributed by atoms with van der Waals surface area (Å²) in [4.78, 5) is 19.4. The lowest BCUT2D eigenvalue weighted by Gasteiger charge is -2.19. The summed E-state index contributed by atoms with van der Waals surface area (Å²) in [5.74, 6) is 1.46. The van der Waals surface area contributed by atoms with Gasteiger partial charge < -0.3 is 9.15 Å². The number of hydrogen-bond donors (Lipinski definition) is 0. The van der Waals surface area contributed by atoms with E-state index in [1.54, 1.807) is 0 Å². The van der Waals surface area contributed by atoms with Crippen molar-refractivity contribution in [3.63, 3.8) is 0 Å². The SMILES string of the molecule is CCOC(=O)c1c(CN(C)Cc2ccc(C)o2)nc2ccccc2c1C. The molecule has 2 heterocycles. The fourth-order valence-electron chi connectivity index (χ4n) is 3.18. The van der Waals surface area contributed by atoms with Gasteiger partial charge in [0.25, 0.3) is 0 Å². The van der Waals surface area contributed by atoms with Gasteiger partial charge in [0.2, 0.25) is 0 Å². The van der Waals surface area contributed by atoms with Crippen molar-refractivity contribution in [2.75, 3.05) is 13.7 Å². The number of hydrogen-bond acceptors (Lipinski definition) is 5. The molecule has 5 heteroatoms. The highest BCUT2D eigenvalue weighted by Crippen LogP contribution is 2.25. The summed E-state index contributed by atoms with van der Waals surface area (Å²) in [5.41, 5.74) is 3.08. The molecule has 0 aliphatic heterocycles. The van der Waals surface area contributed by atoms with E-state index >= 15 is 0 Å². The zero-order valence-corrected chi connectivity index (χ0v) is 15.7. The average Bonchev–Trinajstić information content (AvgIpc) is 3.00. The van der Waals surface area contributed by atoms with Gasteiger partial charge >= 0.3 is 5.97 Å². The maximum atomic E-state index is 12.6. The van der Waals surface area contributed by atoms with E-state index in [0.29, 0.717) is 25.3 Å². The third-order valence-electron chi connectivity index (χ3n) is 4.35. The molecule has 0 aliphatic rings. The first-order chi connectivity index (χ1) is 12.5. The van der Waals surface area contributed by atoms with Crippen LogP contribution in [0.4, 0.5) is 0 Å². The number of carbonyl (C=O) groups is 1. The number of ether oxygens (including phenoxy) is 1. The van der Waals surface area contributed by atoms with Crippen molar-refractivity contribution in [2.45, 2.75) is 33.9 Å². The van der Waals surface area contributed by atoms with Crippen molar-refractivity contribution in [3.05, 3.63) is 64.7 Å². The first kappa shape index (κ1) is 18.1. The van der Waals surface area contributed by atoms with Gasteiger partial charge in [-0.05, 0) is 51.6 Å². The van der Waals surface area contributed by atoms with Gasteiger partial charge in [-0.25, -0.2) is 4.79 Å². The van der Waals surface area contributed by atoms with Crippen molar-refractivity contribution in [3.8, 4) is 0 Å². The monoisotopic (exact) mass is 352 g/mol. The highest BCUT2D eigenvalue weighted by molar-refractivity contribution is 5.98. The second-order valence-electron chi connectivity index (χ2n) is 6.48. The summed E-state index contributed by atoms with van der Waals surface area (Å²) in [6.07, 6.45) is 0. The topological polar surface area (TPSA) is 55.6 Å². The summed E-state index contributed by atoms with van der Waals surface area (Å²) in [6.45, 7) is 7.20. The molecule has 3 aromatic rings. The second-order valence-corrected chi connectivity index (χ2v) is 6.48. The highest BCUT2D eigenvalue weighted by atomic mass is 16.5. The van der Waals surface area contributed by atoms with Crippen LogP contribution in [-0.2, 0) is 17.8 Å². The van der Waals surface area contributed by atoms with Crippen molar-refractivity contribution < 1.29 is 13.9 Å². The summed E-state index contributed by atoms with van der Waals surface area (Å²) in [7, 11) is 1.99. The van der Waals surface area contributed by atoms with E-state index in [-0.39, 0.29) is 5.97 Å². The van der Waals surface area contributed by atoms with E-state index in [4.69, 9.17) is 14.1 Å². The van der Waals surface area contributed by atoms with Crippen LogP contribution in [0.5, 0.6) is 0 Å². The van der Waals surface area contributed by atoms with Gasteiger partial charge in [0.15, 0.2) is 0 Å². The van der Waals surface area contributed by atoms with Crippen LogP contribution >= 0.6 is 0 Å². The molecule has 0 saturated heterocycles. The number of aryl methyl sites for hydroxylation is 2. The minimum Gasteiger partial charge on any atom is -0.465 e. The Morgan fingerprint density at radius 3 is 2.62 bits per heavy atom. The smallest absolute Gasteiger partial charge is 0.340 e. The molecule has 0 saturated carbocycles. The lowest BCUT2D eigenvalue weighted by atomic mass is 10.0. The van der Waals surface area contributed by atoms with Crippen molar-refractivity contribution in [1.29, 1.82) is 0 Å². The Bertz CT molecular complexity index is 930. The second kappa shape index (κ2) is 7.70. The molecule has 0 aliphatic carbocycles. The third kappa shape index (κ3) is 3.78. The van der Waals surface area contributed by atoms with E-state index in [1.807, 2.05) is 64.2 Å². The fraction of sp³-hybridized carbons (Fsp3) is 0.333. The number of fused-ring (bicyclic) bond motifs is 1. The van der Waals surface area contributed by atoms with E-state index in [0.717, 1.165) is 33.7 Å². The molecule has 0 spiro atoms. The van der Waals surface area contributed by atoms with Crippen LogP contribution in [-0.4, -0.2) is 29.5 Å². The van der Waals surface area contributed by atoms with Gasteiger partial charge in [-0.2, -0.15) is 0 Å². The van der Waals surface area contributed by atoms with Gasteiger partial charge in [0, 0.05) is 11.9 Å². The Kier molecular flexibility index (Phi) is 5.38. The van der Waals surface area contributed by atoms with Crippen LogP contribution in [0.2, 0.25) is 0 Å².